The van der Waals surface area contributed by atoms with E-state index in [1.807, 2.05) is 0 Å². The molecule has 2 aromatic carbocycles. The van der Waals surface area contributed by atoms with Gasteiger partial charge in [-0.15, -0.1) is 6.42 Å². The molecule has 1 aliphatic rings. The minimum atomic E-state index is -4.79. The molecule has 1 heterocycles. The Morgan fingerprint density at radius 3 is 2.44 bits per heavy atom. The van der Waals surface area contributed by atoms with Crippen LogP contribution < -0.4 is 9.75 Å². The molecular weight excluding hydrogens is 357 g/mol. The van der Waals surface area contributed by atoms with Crippen molar-refractivity contribution in [1.82, 2.24) is 0 Å². The molecular formula is C20H13F3N2O2. The van der Waals surface area contributed by atoms with E-state index < -0.39 is 23.4 Å². The molecule has 2 aromatic rings. The van der Waals surface area contributed by atoms with Gasteiger partial charge in [-0.2, -0.15) is 23.3 Å². The first-order chi connectivity index (χ1) is 12.9. The molecule has 1 amide bonds. The summed E-state index contributed by atoms with van der Waals surface area (Å²) in [6.45, 7) is -0.0511. The van der Waals surface area contributed by atoms with Crippen LogP contribution in [-0.4, -0.2) is 24.4 Å². The molecule has 4 nitrogen and oxygen atoms in total. The van der Waals surface area contributed by atoms with Crippen molar-refractivity contribution in [2.75, 3.05) is 11.6 Å². The number of hydrogen-bond donors (Lipinski definition) is 0. The number of rotatable bonds is 4. The number of halogens is 3. The molecule has 0 spiro atoms. The van der Waals surface area contributed by atoms with Crippen molar-refractivity contribution in [2.24, 2.45) is 5.10 Å². The molecule has 1 aliphatic heterocycles. The lowest BCUT2D eigenvalue weighted by atomic mass is 10.1. The number of carbonyl (C=O) groups is 1. The number of amides is 1. The highest BCUT2D eigenvalue weighted by Gasteiger charge is 2.46. The molecule has 0 bridgehead atoms. The minimum absolute atomic E-state index is 0.0511. The van der Waals surface area contributed by atoms with Crippen LogP contribution in [-0.2, 0) is 4.79 Å². The number of para-hydroxylation sites is 2. The van der Waals surface area contributed by atoms with Crippen LogP contribution in [0.5, 0.6) is 5.75 Å². The molecule has 0 aliphatic carbocycles. The summed E-state index contributed by atoms with van der Waals surface area (Å²) in [6.07, 6.45) is 1.48. The van der Waals surface area contributed by atoms with Gasteiger partial charge in [0.2, 0.25) is 0 Å². The number of carbonyl (C=O) groups excluding carboxylic acids is 1. The predicted octanol–water partition coefficient (Wildman–Crippen LogP) is 4.05. The van der Waals surface area contributed by atoms with Gasteiger partial charge in [-0.05, 0) is 24.3 Å². The lowest BCUT2D eigenvalue weighted by Gasteiger charge is -2.11. The standard InChI is InChI=1S/C20H13F3N2O2/c1-2-12-27-17-11-7-6-8-14(17)13-16-18(20(21,22)23)24-25(19(16)26)15-9-4-3-5-10-15/h1,3-11,13H,12H2/b16-13-. The van der Waals surface area contributed by atoms with Crippen molar-refractivity contribution < 1.29 is 22.7 Å². The summed E-state index contributed by atoms with van der Waals surface area (Å²) in [6, 6.07) is 14.3. The maximum absolute atomic E-state index is 13.5. The zero-order valence-electron chi connectivity index (χ0n) is 13.9. The van der Waals surface area contributed by atoms with Gasteiger partial charge in [0, 0.05) is 5.56 Å². The molecule has 3 rings (SSSR count). The SMILES string of the molecule is C#CCOc1ccccc1/C=C1\C(=O)N(c2ccccc2)N=C1C(F)(F)F. The molecule has 7 heteroatoms. The highest BCUT2D eigenvalue weighted by Crippen LogP contribution is 2.33. The number of hydrogen-bond acceptors (Lipinski definition) is 3. The Balaban J connectivity index is 2.07. The maximum Gasteiger partial charge on any atom is 0.435 e. The van der Waals surface area contributed by atoms with Gasteiger partial charge in [-0.25, -0.2) is 0 Å². The third kappa shape index (κ3) is 3.85. The zero-order chi connectivity index (χ0) is 19.4. The summed E-state index contributed by atoms with van der Waals surface area (Å²) in [4.78, 5) is 12.7. The Bertz CT molecular complexity index is 957. The molecule has 0 saturated heterocycles. The van der Waals surface area contributed by atoms with E-state index in [2.05, 4.69) is 11.0 Å². The van der Waals surface area contributed by atoms with E-state index in [1.54, 1.807) is 36.4 Å². The van der Waals surface area contributed by atoms with E-state index in [4.69, 9.17) is 11.2 Å². The Kier molecular flexibility index (Phi) is 4.99. The molecule has 136 valence electrons. The largest absolute Gasteiger partial charge is 0.480 e. The summed E-state index contributed by atoms with van der Waals surface area (Å²) in [5.74, 6) is 1.68. The van der Waals surface area contributed by atoms with Crippen LogP contribution in [0.25, 0.3) is 6.08 Å². The van der Waals surface area contributed by atoms with Crippen LogP contribution >= 0.6 is 0 Å². The fourth-order valence-corrected chi connectivity index (χ4v) is 2.50. The van der Waals surface area contributed by atoms with E-state index in [0.29, 0.717) is 5.56 Å². The van der Waals surface area contributed by atoms with Gasteiger partial charge in [-0.1, -0.05) is 42.3 Å². The van der Waals surface area contributed by atoms with Crippen molar-refractivity contribution in [3.63, 3.8) is 0 Å². The first-order valence-corrected chi connectivity index (χ1v) is 7.84. The third-order valence-corrected chi connectivity index (χ3v) is 3.68. The number of nitrogens with zero attached hydrogens (tertiary/aromatic N) is 2. The molecule has 27 heavy (non-hydrogen) atoms. The van der Waals surface area contributed by atoms with Gasteiger partial charge < -0.3 is 4.74 Å². The molecule has 0 N–H and O–H groups in total. The zero-order valence-corrected chi connectivity index (χ0v) is 13.9. The van der Waals surface area contributed by atoms with E-state index in [9.17, 15) is 18.0 Å². The van der Waals surface area contributed by atoms with E-state index >= 15 is 0 Å². The van der Waals surface area contributed by atoms with Crippen molar-refractivity contribution in [3.8, 4) is 18.1 Å². The molecule has 0 unspecified atom stereocenters. The van der Waals surface area contributed by atoms with Crippen LogP contribution in [0.4, 0.5) is 18.9 Å². The summed E-state index contributed by atoms with van der Waals surface area (Å²) < 4.78 is 45.8. The number of alkyl halides is 3. The molecule has 0 aromatic heterocycles. The number of ether oxygens (including phenoxy) is 1. The van der Waals surface area contributed by atoms with Crippen molar-refractivity contribution in [3.05, 3.63) is 65.7 Å². The van der Waals surface area contributed by atoms with Gasteiger partial charge in [0.05, 0.1) is 11.3 Å². The summed E-state index contributed by atoms with van der Waals surface area (Å²) in [5.41, 5.74) is -1.29. The normalized spacial score (nSPS) is 15.6. The Labute approximate surface area is 153 Å². The summed E-state index contributed by atoms with van der Waals surface area (Å²) >= 11 is 0. The van der Waals surface area contributed by atoms with E-state index in [-0.39, 0.29) is 18.0 Å². The van der Waals surface area contributed by atoms with E-state index in [1.165, 1.54) is 18.2 Å². The van der Waals surface area contributed by atoms with Crippen molar-refractivity contribution in [2.45, 2.75) is 6.18 Å². The maximum atomic E-state index is 13.5. The predicted molar refractivity (Wildman–Crippen MR) is 96.2 cm³/mol. The van der Waals surface area contributed by atoms with Gasteiger partial charge in [-0.3, -0.25) is 4.79 Å². The van der Waals surface area contributed by atoms with Crippen LogP contribution in [0.1, 0.15) is 5.56 Å². The number of terminal acetylenes is 1. The molecule has 0 saturated carbocycles. The molecule has 0 atom stereocenters. The fourth-order valence-electron chi connectivity index (χ4n) is 2.50. The van der Waals surface area contributed by atoms with Gasteiger partial charge in [0.15, 0.2) is 5.71 Å². The van der Waals surface area contributed by atoms with Crippen LogP contribution in [0.3, 0.4) is 0 Å². The van der Waals surface area contributed by atoms with Gasteiger partial charge in [0.1, 0.15) is 12.4 Å². The van der Waals surface area contributed by atoms with Crippen LogP contribution in [0.15, 0.2) is 65.3 Å². The number of anilines is 1. The van der Waals surface area contributed by atoms with Crippen LogP contribution in [0.2, 0.25) is 0 Å². The Hall–Kier alpha value is -3.53. The third-order valence-electron chi connectivity index (χ3n) is 3.68. The average Bonchev–Trinajstić information content (AvgIpc) is 2.98. The molecule has 0 fully saturated rings. The highest BCUT2D eigenvalue weighted by atomic mass is 19.4. The fraction of sp³-hybridized carbons (Fsp3) is 0.100. The Morgan fingerprint density at radius 1 is 1.11 bits per heavy atom. The number of benzene rings is 2. The lowest BCUT2D eigenvalue weighted by Crippen LogP contribution is -2.25. The first-order valence-electron chi connectivity index (χ1n) is 7.84. The topological polar surface area (TPSA) is 41.9 Å². The minimum Gasteiger partial charge on any atom is -0.480 e. The molecule has 0 radical (unpaired) electrons. The number of hydrazone groups is 1. The second-order valence-electron chi connectivity index (χ2n) is 5.49. The van der Waals surface area contributed by atoms with Crippen LogP contribution in [0, 0.1) is 12.3 Å². The second-order valence-corrected chi connectivity index (χ2v) is 5.49. The van der Waals surface area contributed by atoms with Gasteiger partial charge in [0.25, 0.3) is 5.91 Å². The van der Waals surface area contributed by atoms with Crippen molar-refractivity contribution in [1.29, 1.82) is 0 Å². The van der Waals surface area contributed by atoms with Gasteiger partial charge >= 0.3 is 6.18 Å². The lowest BCUT2D eigenvalue weighted by molar-refractivity contribution is -0.114. The smallest absolute Gasteiger partial charge is 0.435 e. The van der Waals surface area contributed by atoms with E-state index in [0.717, 1.165) is 11.1 Å². The first kappa shape index (κ1) is 18.3. The summed E-state index contributed by atoms with van der Waals surface area (Å²) in [7, 11) is 0. The second kappa shape index (κ2) is 7.38. The average molecular weight is 370 g/mol. The highest BCUT2D eigenvalue weighted by molar-refractivity contribution is 6.34. The summed E-state index contributed by atoms with van der Waals surface area (Å²) in [5, 5.41) is 4.25. The monoisotopic (exact) mass is 370 g/mol. The quantitative estimate of drug-likeness (QED) is 0.602. The Morgan fingerprint density at radius 2 is 1.78 bits per heavy atom. The van der Waals surface area contributed by atoms with Crippen molar-refractivity contribution >= 4 is 23.4 Å².